The van der Waals surface area contributed by atoms with Gasteiger partial charge in [-0.3, -0.25) is 14.4 Å². The van der Waals surface area contributed by atoms with Crippen molar-refractivity contribution in [1.29, 1.82) is 0 Å². The Kier molecular flexibility index (Phi) is 10.9. The van der Waals surface area contributed by atoms with E-state index in [1.54, 1.807) is 55.5 Å². The summed E-state index contributed by atoms with van der Waals surface area (Å²) < 4.78 is 16.5. The fourth-order valence-electron chi connectivity index (χ4n) is 4.69. The van der Waals surface area contributed by atoms with Crippen molar-refractivity contribution >= 4 is 35.2 Å². The summed E-state index contributed by atoms with van der Waals surface area (Å²) in [6, 6.07) is 16.7. The number of hydrogen-bond donors (Lipinski definition) is 5. The standard InChI is InChI=1S/C33H38N4O8/c1-19(2)15-27(32(41)35-26(17-30(38)39)22-9-14-28-29(16-22)44-18-43-28)36-31(40)21(4)45-24-12-10-23(11-13-24)34-33(42)37-25-8-6-5-7-20(25)3/h5-14,16,19,21,26-27H,15,17-18H2,1-4H3,(H,35,41)(H,36,40)(H,38,39)(H2,34,37,42). The molecule has 1 heterocycles. The number of aryl methyl sites for hydroxylation is 1. The Labute approximate surface area is 261 Å². The molecule has 3 aromatic rings. The van der Waals surface area contributed by atoms with Crippen molar-refractivity contribution in [1.82, 2.24) is 10.6 Å². The molecular formula is C33H38N4O8. The molecule has 0 spiro atoms. The zero-order valence-electron chi connectivity index (χ0n) is 25.6. The molecular weight excluding hydrogens is 580 g/mol. The predicted octanol–water partition coefficient (Wildman–Crippen LogP) is 5.00. The van der Waals surface area contributed by atoms with Crippen molar-refractivity contribution in [2.45, 2.75) is 58.7 Å². The number of nitrogens with one attached hydrogen (secondary N) is 4. The van der Waals surface area contributed by atoms with E-state index in [0.29, 0.717) is 40.6 Å². The number of amides is 4. The average molecular weight is 619 g/mol. The van der Waals surface area contributed by atoms with Crippen LogP contribution >= 0.6 is 0 Å². The van der Waals surface area contributed by atoms with E-state index in [-0.39, 0.29) is 19.1 Å². The highest BCUT2D eigenvalue weighted by molar-refractivity contribution is 6.00. The van der Waals surface area contributed by atoms with E-state index in [1.807, 2.05) is 39.0 Å². The van der Waals surface area contributed by atoms with Crippen molar-refractivity contribution in [2.24, 2.45) is 5.92 Å². The molecule has 5 N–H and O–H groups in total. The van der Waals surface area contributed by atoms with E-state index in [0.717, 1.165) is 5.56 Å². The lowest BCUT2D eigenvalue weighted by Gasteiger charge is -2.25. The first-order chi connectivity index (χ1) is 21.5. The number of aliphatic carboxylic acids is 1. The van der Waals surface area contributed by atoms with Gasteiger partial charge in [-0.2, -0.15) is 0 Å². The van der Waals surface area contributed by atoms with Crippen molar-refractivity contribution in [3.05, 3.63) is 77.9 Å². The lowest BCUT2D eigenvalue weighted by molar-refractivity contribution is -0.138. The molecule has 45 heavy (non-hydrogen) atoms. The largest absolute Gasteiger partial charge is 0.481 e. The van der Waals surface area contributed by atoms with Gasteiger partial charge < -0.3 is 40.6 Å². The first kappa shape index (κ1) is 32.6. The third-order valence-corrected chi connectivity index (χ3v) is 7.02. The van der Waals surface area contributed by atoms with E-state index in [9.17, 15) is 24.3 Å². The molecule has 3 aromatic carbocycles. The van der Waals surface area contributed by atoms with Crippen LogP contribution in [0.4, 0.5) is 16.2 Å². The number of carboxylic acid groups (broad SMARTS) is 1. The van der Waals surface area contributed by atoms with Crippen LogP contribution in [0.5, 0.6) is 17.2 Å². The van der Waals surface area contributed by atoms with Crippen molar-refractivity contribution < 1.29 is 38.5 Å². The smallest absolute Gasteiger partial charge is 0.323 e. The summed E-state index contributed by atoms with van der Waals surface area (Å²) in [5, 5.41) is 20.6. The number of benzene rings is 3. The second-order valence-corrected chi connectivity index (χ2v) is 11.1. The molecule has 1 aliphatic heterocycles. The van der Waals surface area contributed by atoms with Crippen molar-refractivity contribution in [3.63, 3.8) is 0 Å². The first-order valence-corrected chi connectivity index (χ1v) is 14.6. The fourth-order valence-corrected chi connectivity index (χ4v) is 4.69. The average Bonchev–Trinajstić information content (AvgIpc) is 3.46. The maximum absolute atomic E-state index is 13.4. The van der Waals surface area contributed by atoms with Gasteiger partial charge in [0.1, 0.15) is 11.8 Å². The van der Waals surface area contributed by atoms with Gasteiger partial charge in [-0.15, -0.1) is 0 Å². The third-order valence-electron chi connectivity index (χ3n) is 7.02. The number of hydrogen-bond acceptors (Lipinski definition) is 7. The van der Waals surface area contributed by atoms with Crippen LogP contribution in [0.2, 0.25) is 0 Å². The van der Waals surface area contributed by atoms with Crippen LogP contribution in [-0.4, -0.2) is 47.9 Å². The second kappa shape index (κ2) is 15.0. The number of carboxylic acids is 1. The molecule has 4 amide bonds. The Morgan fingerprint density at radius 2 is 1.58 bits per heavy atom. The van der Waals surface area contributed by atoms with Crippen molar-refractivity contribution in [3.8, 4) is 17.2 Å². The van der Waals surface area contributed by atoms with Gasteiger partial charge in [0.25, 0.3) is 5.91 Å². The monoisotopic (exact) mass is 618 g/mol. The van der Waals surface area contributed by atoms with Gasteiger partial charge in [0.2, 0.25) is 12.7 Å². The molecule has 0 fully saturated rings. The summed E-state index contributed by atoms with van der Waals surface area (Å²) in [5.74, 6) is -0.712. The van der Waals surface area contributed by atoms with Crippen LogP contribution in [-0.2, 0) is 14.4 Å². The SMILES string of the molecule is Cc1ccccc1NC(=O)Nc1ccc(OC(C)C(=O)NC(CC(C)C)C(=O)NC(CC(=O)O)c2ccc3c(c2)OCO3)cc1. The van der Waals surface area contributed by atoms with E-state index >= 15 is 0 Å². The number of carbonyl (C=O) groups is 4. The fraction of sp³-hybridized carbons (Fsp3) is 0.333. The van der Waals surface area contributed by atoms with E-state index in [4.69, 9.17) is 14.2 Å². The highest BCUT2D eigenvalue weighted by Gasteiger charge is 2.29. The number of rotatable bonds is 13. The Bertz CT molecular complexity index is 1530. The summed E-state index contributed by atoms with van der Waals surface area (Å²) in [5.41, 5.74) is 2.69. The van der Waals surface area contributed by atoms with Gasteiger partial charge in [-0.05, 0) is 79.8 Å². The Morgan fingerprint density at radius 3 is 2.27 bits per heavy atom. The zero-order chi connectivity index (χ0) is 32.5. The maximum Gasteiger partial charge on any atom is 0.323 e. The lowest BCUT2D eigenvalue weighted by atomic mass is 9.99. The zero-order valence-corrected chi connectivity index (χ0v) is 25.6. The van der Waals surface area contributed by atoms with E-state index in [2.05, 4.69) is 21.3 Å². The summed E-state index contributed by atoms with van der Waals surface area (Å²) >= 11 is 0. The molecule has 0 bridgehead atoms. The topological polar surface area (TPSA) is 164 Å². The Morgan fingerprint density at radius 1 is 0.867 bits per heavy atom. The van der Waals surface area contributed by atoms with Gasteiger partial charge in [-0.1, -0.05) is 38.1 Å². The summed E-state index contributed by atoms with van der Waals surface area (Å²) in [4.78, 5) is 50.5. The lowest BCUT2D eigenvalue weighted by Crippen LogP contribution is -2.51. The molecule has 0 radical (unpaired) electrons. The molecule has 4 rings (SSSR count). The minimum Gasteiger partial charge on any atom is -0.481 e. The summed E-state index contributed by atoms with van der Waals surface area (Å²) in [7, 11) is 0. The minimum atomic E-state index is -1.10. The molecule has 12 heteroatoms. The van der Waals surface area contributed by atoms with Gasteiger partial charge in [0.15, 0.2) is 17.6 Å². The van der Waals surface area contributed by atoms with Gasteiger partial charge >= 0.3 is 12.0 Å². The molecule has 0 saturated heterocycles. The molecule has 238 valence electrons. The van der Waals surface area contributed by atoms with Crippen LogP contribution in [0.1, 0.15) is 50.8 Å². The van der Waals surface area contributed by atoms with E-state index in [1.165, 1.54) is 0 Å². The number of urea groups is 1. The quantitative estimate of drug-likeness (QED) is 0.179. The van der Waals surface area contributed by atoms with E-state index < -0.39 is 42.0 Å². The Balaban J connectivity index is 1.35. The molecule has 3 atom stereocenters. The van der Waals surface area contributed by atoms with Crippen molar-refractivity contribution in [2.75, 3.05) is 17.4 Å². The van der Waals surface area contributed by atoms with Crippen LogP contribution in [0.3, 0.4) is 0 Å². The highest BCUT2D eigenvalue weighted by atomic mass is 16.7. The van der Waals surface area contributed by atoms with Crippen LogP contribution in [0.25, 0.3) is 0 Å². The third kappa shape index (κ3) is 9.36. The number of para-hydroxylation sites is 1. The van der Waals surface area contributed by atoms with Gasteiger partial charge in [-0.25, -0.2) is 4.79 Å². The normalized spacial score (nSPS) is 13.7. The predicted molar refractivity (Wildman–Crippen MR) is 167 cm³/mol. The molecule has 0 saturated carbocycles. The maximum atomic E-state index is 13.4. The van der Waals surface area contributed by atoms with Crippen LogP contribution in [0, 0.1) is 12.8 Å². The van der Waals surface area contributed by atoms with Crippen LogP contribution < -0.4 is 35.5 Å². The number of fused-ring (bicyclic) bond motifs is 1. The number of carbonyl (C=O) groups excluding carboxylic acids is 3. The van der Waals surface area contributed by atoms with Gasteiger partial charge in [0.05, 0.1) is 12.5 Å². The van der Waals surface area contributed by atoms with Gasteiger partial charge in [0, 0.05) is 11.4 Å². The highest BCUT2D eigenvalue weighted by Crippen LogP contribution is 2.35. The molecule has 1 aliphatic rings. The number of ether oxygens (including phenoxy) is 3. The minimum absolute atomic E-state index is 0.0452. The van der Waals surface area contributed by atoms with Crippen LogP contribution in [0.15, 0.2) is 66.7 Å². The molecule has 0 aliphatic carbocycles. The Hall–Kier alpha value is -5.26. The molecule has 12 nitrogen and oxygen atoms in total. The second-order valence-electron chi connectivity index (χ2n) is 11.1. The molecule has 3 unspecified atom stereocenters. The first-order valence-electron chi connectivity index (χ1n) is 14.6. The summed E-state index contributed by atoms with van der Waals surface area (Å²) in [6.45, 7) is 7.34. The summed E-state index contributed by atoms with van der Waals surface area (Å²) in [6.07, 6.45) is -1.01. The molecule has 0 aromatic heterocycles. The number of anilines is 2.